The number of hydrogen-bond acceptors (Lipinski definition) is 3. The van der Waals surface area contributed by atoms with E-state index in [4.69, 9.17) is 16.3 Å². The molecule has 1 amide bonds. The van der Waals surface area contributed by atoms with Crippen molar-refractivity contribution in [2.75, 3.05) is 11.9 Å². The lowest BCUT2D eigenvalue weighted by Crippen LogP contribution is -2.15. The van der Waals surface area contributed by atoms with Crippen LogP contribution in [0.5, 0.6) is 5.88 Å². The highest BCUT2D eigenvalue weighted by Crippen LogP contribution is 2.23. The van der Waals surface area contributed by atoms with Gasteiger partial charge in [0, 0.05) is 6.20 Å². The van der Waals surface area contributed by atoms with Gasteiger partial charge in [0.15, 0.2) is 5.82 Å². The minimum Gasteiger partial charge on any atom is -0.477 e. The number of benzene rings is 1. The molecule has 4 nitrogen and oxygen atoms in total. The van der Waals surface area contributed by atoms with Gasteiger partial charge in [-0.3, -0.25) is 4.79 Å². The van der Waals surface area contributed by atoms with E-state index in [1.807, 2.05) is 0 Å². The van der Waals surface area contributed by atoms with Gasteiger partial charge >= 0.3 is 0 Å². The van der Waals surface area contributed by atoms with Gasteiger partial charge in [0.25, 0.3) is 5.91 Å². The second-order valence-electron chi connectivity index (χ2n) is 3.84. The van der Waals surface area contributed by atoms with Crippen LogP contribution in [0.25, 0.3) is 0 Å². The number of rotatable bonds is 4. The molecule has 6 heteroatoms. The molecule has 0 radical (unpaired) electrons. The molecule has 2 aromatic rings. The van der Waals surface area contributed by atoms with Crippen molar-refractivity contribution in [2.24, 2.45) is 0 Å². The normalized spacial score (nSPS) is 10.2. The monoisotopic (exact) mass is 294 g/mol. The number of ether oxygens (including phenoxy) is 1. The zero-order valence-corrected chi connectivity index (χ0v) is 11.4. The lowest BCUT2D eigenvalue weighted by atomic mass is 10.2. The number of nitrogens with one attached hydrogen (secondary N) is 1. The van der Waals surface area contributed by atoms with Crippen LogP contribution in [0.3, 0.4) is 0 Å². The Hall–Kier alpha value is -2.14. The molecule has 0 aliphatic carbocycles. The van der Waals surface area contributed by atoms with Crippen molar-refractivity contribution in [3.8, 4) is 5.88 Å². The number of pyridine rings is 1. The summed E-state index contributed by atoms with van der Waals surface area (Å²) in [4.78, 5) is 16.1. The van der Waals surface area contributed by atoms with Crippen molar-refractivity contribution in [3.63, 3.8) is 0 Å². The molecule has 1 aromatic heterocycles. The van der Waals surface area contributed by atoms with Crippen LogP contribution in [0, 0.1) is 5.82 Å². The molecule has 0 unspecified atom stereocenters. The Morgan fingerprint density at radius 1 is 1.40 bits per heavy atom. The summed E-state index contributed by atoms with van der Waals surface area (Å²) in [6.07, 6.45) is 1.52. The second-order valence-corrected chi connectivity index (χ2v) is 4.25. The molecule has 0 fully saturated rings. The zero-order valence-electron chi connectivity index (χ0n) is 10.7. The number of aromatic nitrogens is 1. The largest absolute Gasteiger partial charge is 0.477 e. The quantitative estimate of drug-likeness (QED) is 0.938. The fourth-order valence-electron chi connectivity index (χ4n) is 1.61. The molecule has 0 bridgehead atoms. The number of halogens is 2. The van der Waals surface area contributed by atoms with Crippen LogP contribution in [0.4, 0.5) is 10.1 Å². The van der Waals surface area contributed by atoms with Crippen molar-refractivity contribution < 1.29 is 13.9 Å². The highest BCUT2D eigenvalue weighted by atomic mass is 35.5. The Balaban J connectivity index is 2.26. The van der Waals surface area contributed by atoms with Crippen molar-refractivity contribution in [2.45, 2.75) is 6.92 Å². The number of amides is 1. The molecule has 1 aromatic carbocycles. The first-order valence-electron chi connectivity index (χ1n) is 5.96. The van der Waals surface area contributed by atoms with Crippen molar-refractivity contribution in [1.82, 2.24) is 4.98 Å². The number of carbonyl (C=O) groups is 1. The van der Waals surface area contributed by atoms with Crippen LogP contribution in [-0.2, 0) is 0 Å². The lowest BCUT2D eigenvalue weighted by Gasteiger charge is -2.10. The highest BCUT2D eigenvalue weighted by Gasteiger charge is 2.15. The molecule has 20 heavy (non-hydrogen) atoms. The second kappa shape index (κ2) is 6.34. The average Bonchev–Trinajstić information content (AvgIpc) is 2.45. The van der Waals surface area contributed by atoms with Crippen LogP contribution < -0.4 is 10.1 Å². The maximum absolute atomic E-state index is 13.7. The predicted octanol–water partition coefficient (Wildman–Crippen LogP) is 3.53. The standard InChI is InChI=1S/C14H12ClFN2O2/c1-2-20-14-9(5-4-8-17-14)13(19)18-11-7-3-6-10(15)12(11)16/h3-8H,2H2,1H3,(H,18,19). The molecule has 1 heterocycles. The molecular formula is C14H12ClFN2O2. The summed E-state index contributed by atoms with van der Waals surface area (Å²) in [5.41, 5.74) is 0.238. The first kappa shape index (κ1) is 14.3. The topological polar surface area (TPSA) is 51.2 Å². The van der Waals surface area contributed by atoms with E-state index in [1.54, 1.807) is 25.1 Å². The first-order valence-corrected chi connectivity index (χ1v) is 6.34. The minimum atomic E-state index is -0.677. The lowest BCUT2D eigenvalue weighted by molar-refractivity contribution is 0.102. The molecular weight excluding hydrogens is 283 g/mol. The SMILES string of the molecule is CCOc1ncccc1C(=O)Nc1cccc(Cl)c1F. The van der Waals surface area contributed by atoms with Gasteiger partial charge in [-0.1, -0.05) is 17.7 Å². The Labute approximate surface area is 120 Å². The van der Waals surface area contributed by atoms with Crippen molar-refractivity contribution in [1.29, 1.82) is 0 Å². The van der Waals surface area contributed by atoms with Crippen LogP contribution in [-0.4, -0.2) is 17.5 Å². The average molecular weight is 295 g/mol. The molecule has 0 atom stereocenters. The van der Waals surface area contributed by atoms with Gasteiger partial charge in [0.2, 0.25) is 5.88 Å². The van der Waals surface area contributed by atoms with Gasteiger partial charge in [-0.25, -0.2) is 9.37 Å². The van der Waals surface area contributed by atoms with E-state index in [9.17, 15) is 9.18 Å². The summed E-state index contributed by atoms with van der Waals surface area (Å²) in [7, 11) is 0. The molecule has 0 aliphatic rings. The summed E-state index contributed by atoms with van der Waals surface area (Å²) in [6, 6.07) is 7.54. The third-order valence-corrected chi connectivity index (χ3v) is 2.79. The molecule has 104 valence electrons. The summed E-state index contributed by atoms with van der Waals surface area (Å²) in [5.74, 6) is -0.984. The van der Waals surface area contributed by atoms with Crippen LogP contribution in [0.1, 0.15) is 17.3 Å². The smallest absolute Gasteiger partial charge is 0.261 e. The summed E-state index contributed by atoms with van der Waals surface area (Å²) in [6.45, 7) is 2.16. The van der Waals surface area contributed by atoms with Crippen molar-refractivity contribution in [3.05, 3.63) is 52.9 Å². The van der Waals surface area contributed by atoms with Crippen molar-refractivity contribution >= 4 is 23.2 Å². The molecule has 0 saturated carbocycles. The fraction of sp³-hybridized carbons (Fsp3) is 0.143. The van der Waals surface area contributed by atoms with Gasteiger partial charge in [-0.15, -0.1) is 0 Å². The molecule has 2 rings (SSSR count). The zero-order chi connectivity index (χ0) is 14.5. The van der Waals surface area contributed by atoms with E-state index < -0.39 is 11.7 Å². The number of hydrogen-bond donors (Lipinski definition) is 1. The Morgan fingerprint density at radius 2 is 2.20 bits per heavy atom. The number of anilines is 1. The van der Waals surface area contributed by atoms with E-state index in [0.717, 1.165) is 0 Å². The Morgan fingerprint density at radius 3 is 2.95 bits per heavy atom. The third kappa shape index (κ3) is 3.05. The third-order valence-electron chi connectivity index (χ3n) is 2.50. The summed E-state index contributed by atoms with van der Waals surface area (Å²) >= 11 is 5.66. The van der Waals surface area contributed by atoms with Gasteiger partial charge in [0.05, 0.1) is 17.3 Å². The van der Waals surface area contributed by atoms with E-state index in [1.165, 1.54) is 18.3 Å². The summed E-state index contributed by atoms with van der Waals surface area (Å²) < 4.78 is 19.0. The van der Waals surface area contributed by atoms with E-state index >= 15 is 0 Å². The van der Waals surface area contributed by atoms with Gasteiger partial charge in [-0.2, -0.15) is 0 Å². The van der Waals surface area contributed by atoms with Gasteiger partial charge < -0.3 is 10.1 Å². The minimum absolute atomic E-state index is 0.00815. The maximum Gasteiger partial charge on any atom is 0.261 e. The van der Waals surface area contributed by atoms with Crippen LogP contribution in [0.15, 0.2) is 36.5 Å². The van der Waals surface area contributed by atoms with Gasteiger partial charge in [-0.05, 0) is 31.2 Å². The molecule has 0 aliphatic heterocycles. The molecule has 0 spiro atoms. The van der Waals surface area contributed by atoms with E-state index in [-0.39, 0.29) is 22.2 Å². The number of carbonyl (C=O) groups excluding carboxylic acids is 1. The Kier molecular flexibility index (Phi) is 4.53. The maximum atomic E-state index is 13.7. The fourth-order valence-corrected chi connectivity index (χ4v) is 1.78. The first-order chi connectivity index (χ1) is 9.63. The van der Waals surface area contributed by atoms with E-state index in [2.05, 4.69) is 10.3 Å². The van der Waals surface area contributed by atoms with Crippen LogP contribution in [0.2, 0.25) is 5.02 Å². The highest BCUT2D eigenvalue weighted by molar-refractivity contribution is 6.31. The molecule has 1 N–H and O–H groups in total. The Bertz CT molecular complexity index is 634. The molecule has 0 saturated heterocycles. The van der Waals surface area contributed by atoms with E-state index in [0.29, 0.717) is 6.61 Å². The van der Waals surface area contributed by atoms with Crippen LogP contribution >= 0.6 is 11.6 Å². The summed E-state index contributed by atoms with van der Waals surface area (Å²) in [5, 5.41) is 2.39. The number of nitrogens with zero attached hydrogens (tertiary/aromatic N) is 1. The predicted molar refractivity (Wildman–Crippen MR) is 74.8 cm³/mol. The van der Waals surface area contributed by atoms with Gasteiger partial charge in [0.1, 0.15) is 5.56 Å².